The SMILES string of the molecule is Nc1ccnc(CSc2nnc(CCC3CCCCC3)o2)n1. The van der Waals surface area contributed by atoms with Crippen LogP contribution in [0.4, 0.5) is 5.82 Å². The van der Waals surface area contributed by atoms with Crippen LogP contribution in [0.2, 0.25) is 0 Å². The molecule has 118 valence electrons. The molecule has 2 N–H and O–H groups in total. The van der Waals surface area contributed by atoms with Crippen molar-refractivity contribution in [2.45, 2.75) is 55.9 Å². The van der Waals surface area contributed by atoms with Crippen molar-refractivity contribution in [2.24, 2.45) is 5.92 Å². The molecule has 0 bridgehead atoms. The van der Waals surface area contributed by atoms with Crippen molar-refractivity contribution in [1.82, 2.24) is 20.2 Å². The Morgan fingerprint density at radius 3 is 2.91 bits per heavy atom. The maximum atomic E-state index is 5.68. The first-order valence-electron chi connectivity index (χ1n) is 7.82. The molecule has 0 aromatic carbocycles. The zero-order valence-electron chi connectivity index (χ0n) is 12.6. The molecule has 1 aliphatic carbocycles. The van der Waals surface area contributed by atoms with E-state index in [1.807, 2.05) is 0 Å². The van der Waals surface area contributed by atoms with Gasteiger partial charge < -0.3 is 10.2 Å². The van der Waals surface area contributed by atoms with Crippen molar-refractivity contribution >= 4 is 17.6 Å². The van der Waals surface area contributed by atoms with E-state index < -0.39 is 0 Å². The maximum Gasteiger partial charge on any atom is 0.277 e. The fourth-order valence-electron chi connectivity index (χ4n) is 2.81. The second-order valence-corrected chi connectivity index (χ2v) is 6.62. The van der Waals surface area contributed by atoms with Crippen LogP contribution in [0.1, 0.15) is 50.2 Å². The molecule has 2 heterocycles. The normalized spacial score (nSPS) is 16.0. The van der Waals surface area contributed by atoms with Gasteiger partial charge in [0.05, 0.1) is 5.75 Å². The molecule has 3 rings (SSSR count). The zero-order valence-corrected chi connectivity index (χ0v) is 13.4. The predicted molar refractivity (Wildman–Crippen MR) is 85.2 cm³/mol. The number of aromatic nitrogens is 4. The molecule has 1 aliphatic rings. The molecular weight excluding hydrogens is 298 g/mol. The second kappa shape index (κ2) is 7.58. The summed E-state index contributed by atoms with van der Waals surface area (Å²) in [5.41, 5.74) is 5.63. The van der Waals surface area contributed by atoms with Gasteiger partial charge in [-0.05, 0) is 18.4 Å². The third-order valence-electron chi connectivity index (χ3n) is 3.99. The van der Waals surface area contributed by atoms with Crippen molar-refractivity contribution in [1.29, 1.82) is 0 Å². The minimum atomic E-state index is 0.476. The molecule has 2 aromatic rings. The number of aryl methyl sites for hydroxylation is 1. The Morgan fingerprint density at radius 1 is 1.23 bits per heavy atom. The highest BCUT2D eigenvalue weighted by molar-refractivity contribution is 7.98. The Balaban J connectivity index is 1.46. The average Bonchev–Trinajstić information content (AvgIpc) is 3.00. The molecule has 0 unspecified atom stereocenters. The fourth-order valence-corrected chi connectivity index (χ4v) is 3.46. The summed E-state index contributed by atoms with van der Waals surface area (Å²) in [6.07, 6.45) is 10.5. The zero-order chi connectivity index (χ0) is 15.2. The lowest BCUT2D eigenvalue weighted by Gasteiger charge is -2.20. The number of nitrogens with zero attached hydrogens (tertiary/aromatic N) is 4. The van der Waals surface area contributed by atoms with Gasteiger partial charge in [0, 0.05) is 12.6 Å². The van der Waals surface area contributed by atoms with Gasteiger partial charge in [-0.25, -0.2) is 9.97 Å². The maximum absolute atomic E-state index is 5.68. The molecule has 0 radical (unpaired) electrons. The lowest BCUT2D eigenvalue weighted by Crippen LogP contribution is -2.07. The van der Waals surface area contributed by atoms with E-state index in [-0.39, 0.29) is 0 Å². The topological polar surface area (TPSA) is 90.7 Å². The molecule has 2 aromatic heterocycles. The van der Waals surface area contributed by atoms with E-state index in [4.69, 9.17) is 10.2 Å². The van der Waals surface area contributed by atoms with E-state index in [1.165, 1.54) is 43.9 Å². The van der Waals surface area contributed by atoms with Crippen molar-refractivity contribution < 1.29 is 4.42 Å². The molecule has 7 heteroatoms. The van der Waals surface area contributed by atoms with Gasteiger partial charge in [0.25, 0.3) is 5.22 Å². The van der Waals surface area contributed by atoms with E-state index in [1.54, 1.807) is 12.3 Å². The predicted octanol–water partition coefficient (Wildman–Crippen LogP) is 3.25. The first-order valence-corrected chi connectivity index (χ1v) is 8.81. The summed E-state index contributed by atoms with van der Waals surface area (Å²) >= 11 is 1.44. The largest absolute Gasteiger partial charge is 0.416 e. The lowest BCUT2D eigenvalue weighted by atomic mass is 9.86. The summed E-state index contributed by atoms with van der Waals surface area (Å²) in [6.45, 7) is 0. The molecule has 1 fully saturated rings. The van der Waals surface area contributed by atoms with E-state index in [0.717, 1.165) is 24.7 Å². The third-order valence-corrected chi connectivity index (χ3v) is 4.81. The Morgan fingerprint density at radius 2 is 2.09 bits per heavy atom. The number of rotatable bonds is 6. The van der Waals surface area contributed by atoms with Crippen molar-refractivity contribution in [3.8, 4) is 0 Å². The van der Waals surface area contributed by atoms with Crippen LogP contribution >= 0.6 is 11.8 Å². The van der Waals surface area contributed by atoms with Gasteiger partial charge in [0.1, 0.15) is 11.6 Å². The smallest absolute Gasteiger partial charge is 0.277 e. The highest BCUT2D eigenvalue weighted by Gasteiger charge is 2.15. The number of hydrogen-bond donors (Lipinski definition) is 1. The van der Waals surface area contributed by atoms with Crippen LogP contribution in [-0.2, 0) is 12.2 Å². The van der Waals surface area contributed by atoms with Crippen molar-refractivity contribution in [3.63, 3.8) is 0 Å². The number of hydrogen-bond acceptors (Lipinski definition) is 7. The van der Waals surface area contributed by atoms with E-state index >= 15 is 0 Å². The fraction of sp³-hybridized carbons (Fsp3) is 0.600. The third kappa shape index (κ3) is 4.43. The molecule has 6 nitrogen and oxygen atoms in total. The molecule has 0 atom stereocenters. The monoisotopic (exact) mass is 319 g/mol. The van der Waals surface area contributed by atoms with Gasteiger partial charge in [0.2, 0.25) is 5.89 Å². The van der Waals surface area contributed by atoms with Crippen LogP contribution < -0.4 is 5.73 Å². The minimum absolute atomic E-state index is 0.476. The van der Waals surface area contributed by atoms with Crippen LogP contribution in [0.15, 0.2) is 21.9 Å². The Labute approximate surface area is 134 Å². The van der Waals surface area contributed by atoms with Crippen LogP contribution in [0.25, 0.3) is 0 Å². The summed E-state index contributed by atoms with van der Waals surface area (Å²) in [6, 6.07) is 1.67. The highest BCUT2D eigenvalue weighted by Crippen LogP contribution is 2.28. The van der Waals surface area contributed by atoms with Crippen LogP contribution in [0.3, 0.4) is 0 Å². The molecule has 1 saturated carbocycles. The molecule has 0 spiro atoms. The summed E-state index contributed by atoms with van der Waals surface area (Å²) < 4.78 is 5.68. The summed E-state index contributed by atoms with van der Waals surface area (Å²) in [7, 11) is 0. The van der Waals surface area contributed by atoms with Crippen LogP contribution in [0, 0.1) is 5.92 Å². The number of nitrogen functional groups attached to an aromatic ring is 1. The van der Waals surface area contributed by atoms with Crippen LogP contribution in [-0.4, -0.2) is 20.2 Å². The van der Waals surface area contributed by atoms with Crippen molar-refractivity contribution in [2.75, 3.05) is 5.73 Å². The van der Waals surface area contributed by atoms with E-state index in [2.05, 4.69) is 20.2 Å². The first-order chi connectivity index (χ1) is 10.8. The first kappa shape index (κ1) is 15.3. The standard InChI is InChI=1S/C15H21N5OS/c16-12-8-9-17-13(18-12)10-22-15-20-19-14(21-15)7-6-11-4-2-1-3-5-11/h8-9,11H,1-7,10H2,(H2,16,17,18). The molecule has 22 heavy (non-hydrogen) atoms. The lowest BCUT2D eigenvalue weighted by molar-refractivity contribution is 0.322. The molecule has 0 saturated heterocycles. The van der Waals surface area contributed by atoms with Crippen LogP contribution in [0.5, 0.6) is 0 Å². The summed E-state index contributed by atoms with van der Waals surface area (Å²) in [4.78, 5) is 8.31. The van der Waals surface area contributed by atoms with Gasteiger partial charge in [-0.1, -0.05) is 43.9 Å². The van der Waals surface area contributed by atoms with Gasteiger partial charge in [-0.3, -0.25) is 0 Å². The van der Waals surface area contributed by atoms with Gasteiger partial charge >= 0.3 is 0 Å². The quantitative estimate of drug-likeness (QED) is 0.817. The molecular formula is C15H21N5OS. The van der Waals surface area contributed by atoms with Gasteiger partial charge in [-0.15, -0.1) is 10.2 Å². The molecule has 0 aliphatic heterocycles. The number of nitrogens with two attached hydrogens (primary N) is 1. The second-order valence-electron chi connectivity index (χ2n) is 5.69. The van der Waals surface area contributed by atoms with Gasteiger partial charge in [0.15, 0.2) is 0 Å². The average molecular weight is 319 g/mol. The Kier molecular flexibility index (Phi) is 5.26. The summed E-state index contributed by atoms with van der Waals surface area (Å²) in [5.74, 6) is 3.30. The van der Waals surface area contributed by atoms with E-state index in [9.17, 15) is 0 Å². The number of thioether (sulfide) groups is 1. The molecule has 0 amide bonds. The summed E-state index contributed by atoms with van der Waals surface area (Å²) in [5, 5.41) is 8.78. The highest BCUT2D eigenvalue weighted by atomic mass is 32.2. The Bertz CT molecular complexity index is 597. The van der Waals surface area contributed by atoms with Crippen molar-refractivity contribution in [3.05, 3.63) is 24.0 Å². The van der Waals surface area contributed by atoms with E-state index in [0.29, 0.717) is 22.6 Å². The van der Waals surface area contributed by atoms with Gasteiger partial charge in [-0.2, -0.15) is 0 Å². The number of anilines is 1. The minimum Gasteiger partial charge on any atom is -0.416 e. The Hall–Kier alpha value is -1.63.